The molecule has 1 atom stereocenters. The summed E-state index contributed by atoms with van der Waals surface area (Å²) in [6.07, 6.45) is 2.31. The number of carbonyl (C=O) groups excluding carboxylic acids is 1. The second-order valence-corrected chi connectivity index (χ2v) is 9.95. The van der Waals surface area contributed by atoms with Crippen LogP contribution in [0.2, 0.25) is 0 Å². The van der Waals surface area contributed by atoms with Crippen LogP contribution < -0.4 is 5.48 Å². The Morgan fingerprint density at radius 3 is 2.71 bits per heavy atom. The van der Waals surface area contributed by atoms with Crippen molar-refractivity contribution >= 4 is 26.6 Å². The van der Waals surface area contributed by atoms with Crippen molar-refractivity contribution in [2.75, 3.05) is 19.5 Å². The highest BCUT2D eigenvalue weighted by atomic mass is 32.2. The number of fused-ring (bicyclic) bond motifs is 1. The summed E-state index contributed by atoms with van der Waals surface area (Å²) in [6.45, 7) is 1.46. The van der Waals surface area contributed by atoms with Crippen molar-refractivity contribution in [2.45, 2.75) is 30.2 Å². The van der Waals surface area contributed by atoms with E-state index in [1.807, 2.05) is 0 Å². The Morgan fingerprint density at radius 2 is 2.13 bits per heavy atom. The molecule has 9 nitrogen and oxygen atoms in total. The number of amides is 1. The van der Waals surface area contributed by atoms with Crippen LogP contribution in [0.5, 0.6) is 0 Å². The summed E-state index contributed by atoms with van der Waals surface area (Å²) in [5, 5.41) is 23.4. The van der Waals surface area contributed by atoms with Gasteiger partial charge in [0, 0.05) is 30.4 Å². The van der Waals surface area contributed by atoms with E-state index >= 15 is 0 Å². The summed E-state index contributed by atoms with van der Waals surface area (Å²) in [5.41, 5.74) is 0.586. The molecular weight excluding hydrogens is 429 g/mol. The summed E-state index contributed by atoms with van der Waals surface area (Å²) in [5.74, 6) is 8.45. The van der Waals surface area contributed by atoms with E-state index in [2.05, 4.69) is 28.8 Å². The molecule has 1 aliphatic rings. The quantitative estimate of drug-likeness (QED) is 0.332. The number of carbonyl (C=O) groups is 1. The Bertz CT molecular complexity index is 1260. The highest BCUT2D eigenvalue weighted by molar-refractivity contribution is 7.92. The van der Waals surface area contributed by atoms with E-state index in [4.69, 9.17) is 9.94 Å². The summed E-state index contributed by atoms with van der Waals surface area (Å²) >= 11 is 0. The van der Waals surface area contributed by atoms with E-state index in [-0.39, 0.29) is 31.7 Å². The zero-order chi connectivity index (χ0) is 22.9. The van der Waals surface area contributed by atoms with E-state index in [0.29, 0.717) is 10.9 Å². The predicted octanol–water partition coefficient (Wildman–Crippen LogP) is -0.00960. The predicted molar refractivity (Wildman–Crippen MR) is 108 cm³/mol. The van der Waals surface area contributed by atoms with Crippen molar-refractivity contribution in [2.24, 2.45) is 0 Å². The molecule has 0 aliphatic carbocycles. The van der Waals surface area contributed by atoms with Crippen molar-refractivity contribution in [1.29, 1.82) is 0 Å². The first-order valence-electron chi connectivity index (χ1n) is 9.12. The fraction of sp³-hybridized carbons (Fsp3) is 0.400. The Labute approximate surface area is 178 Å². The van der Waals surface area contributed by atoms with Gasteiger partial charge in [-0.05, 0) is 43.1 Å². The minimum Gasteiger partial charge on any atom is -0.373 e. The van der Waals surface area contributed by atoms with Gasteiger partial charge in [0.2, 0.25) is 0 Å². The first-order chi connectivity index (χ1) is 14.5. The molecule has 2 aromatic rings. The van der Waals surface area contributed by atoms with E-state index in [9.17, 15) is 22.7 Å². The number of ether oxygens (including phenoxy) is 1. The number of nitrogens with zero attached hydrogens (tertiary/aromatic N) is 2. The van der Waals surface area contributed by atoms with Gasteiger partial charge in [0.05, 0.1) is 24.3 Å². The van der Waals surface area contributed by atoms with Crippen LogP contribution in [-0.2, 0) is 25.9 Å². The molecule has 1 aromatic carbocycles. The normalized spacial score (nSPS) is 16.8. The molecule has 0 bridgehead atoms. The van der Waals surface area contributed by atoms with Crippen LogP contribution in [0.25, 0.3) is 10.9 Å². The lowest BCUT2D eigenvalue weighted by molar-refractivity contribution is -0.140. The van der Waals surface area contributed by atoms with Gasteiger partial charge in [-0.3, -0.25) is 14.7 Å². The SMILES string of the molecule is C[C@@](CCn1cc2cc(C#CC#CC3(O)COC3)c(F)cc2n1)(C(=O)NO)S(C)(=O)=O. The van der Waals surface area contributed by atoms with Gasteiger partial charge in [-0.25, -0.2) is 18.3 Å². The first-order valence-corrected chi connectivity index (χ1v) is 11.0. The molecule has 31 heavy (non-hydrogen) atoms. The summed E-state index contributed by atoms with van der Waals surface area (Å²) in [4.78, 5) is 11.9. The monoisotopic (exact) mass is 449 g/mol. The van der Waals surface area contributed by atoms with Crippen LogP contribution in [0.4, 0.5) is 4.39 Å². The number of aliphatic hydroxyl groups is 1. The third-order valence-corrected chi connectivity index (χ3v) is 7.12. The Hall–Kier alpha value is -2.96. The molecule has 164 valence electrons. The molecule has 1 aromatic heterocycles. The number of halogens is 1. The van der Waals surface area contributed by atoms with Gasteiger partial charge in [0.15, 0.2) is 20.2 Å². The van der Waals surface area contributed by atoms with E-state index in [0.717, 1.165) is 6.26 Å². The lowest BCUT2D eigenvalue weighted by Gasteiger charge is -2.30. The largest absolute Gasteiger partial charge is 0.373 e. The molecular formula is C20H20FN3O6S. The molecule has 0 saturated carbocycles. The van der Waals surface area contributed by atoms with Crippen molar-refractivity contribution in [3.05, 3.63) is 29.7 Å². The number of benzene rings is 1. The lowest BCUT2D eigenvalue weighted by atomic mass is 10.0. The van der Waals surface area contributed by atoms with Gasteiger partial charge < -0.3 is 9.84 Å². The van der Waals surface area contributed by atoms with Crippen LogP contribution >= 0.6 is 0 Å². The van der Waals surface area contributed by atoms with E-state index < -0.39 is 31.9 Å². The smallest absolute Gasteiger partial charge is 0.264 e. The van der Waals surface area contributed by atoms with Crippen molar-refractivity contribution in [3.8, 4) is 23.7 Å². The molecule has 1 saturated heterocycles. The highest BCUT2D eigenvalue weighted by Gasteiger charge is 2.43. The minimum absolute atomic E-state index is 0.0282. The Kier molecular flexibility index (Phi) is 6.07. The molecule has 11 heteroatoms. The number of hydrogen-bond donors (Lipinski definition) is 3. The average molecular weight is 449 g/mol. The topological polar surface area (TPSA) is 131 Å². The van der Waals surface area contributed by atoms with Gasteiger partial charge in [0.25, 0.3) is 5.91 Å². The fourth-order valence-electron chi connectivity index (χ4n) is 2.83. The van der Waals surface area contributed by atoms with Crippen LogP contribution in [-0.4, -0.2) is 64.2 Å². The van der Waals surface area contributed by atoms with Crippen LogP contribution in [0.3, 0.4) is 0 Å². The fourth-order valence-corrected chi connectivity index (χ4v) is 3.68. The molecule has 3 rings (SSSR count). The maximum Gasteiger partial charge on any atom is 0.264 e. The molecule has 3 N–H and O–H groups in total. The van der Waals surface area contributed by atoms with Gasteiger partial charge >= 0.3 is 0 Å². The van der Waals surface area contributed by atoms with Crippen LogP contribution in [0.1, 0.15) is 18.9 Å². The van der Waals surface area contributed by atoms with E-state index in [1.165, 1.54) is 29.2 Å². The van der Waals surface area contributed by atoms with Crippen molar-refractivity contribution in [1.82, 2.24) is 15.3 Å². The number of hydrogen-bond acceptors (Lipinski definition) is 7. The zero-order valence-electron chi connectivity index (χ0n) is 16.8. The number of hydroxylamine groups is 1. The first kappa shape index (κ1) is 22.7. The standard InChI is InChI=1S/C20H20FN3O6S/c1-19(18(25)23-27,31(2,28)29)7-8-24-11-15-9-14(16(21)10-17(15)22-24)5-3-4-6-20(26)12-30-13-20/h9-11,26-27H,7-8,12-13H2,1-2H3,(H,23,25)/t19-/m1/s1. The molecule has 1 aliphatic heterocycles. The lowest BCUT2D eigenvalue weighted by Crippen LogP contribution is -2.49. The third-order valence-electron chi connectivity index (χ3n) is 5.10. The molecule has 0 spiro atoms. The third kappa shape index (κ3) is 4.70. The number of aryl methyl sites for hydroxylation is 1. The van der Waals surface area contributed by atoms with Gasteiger partial charge in [0.1, 0.15) is 5.82 Å². The van der Waals surface area contributed by atoms with Crippen molar-refractivity contribution < 1.29 is 32.7 Å². The minimum atomic E-state index is -3.84. The summed E-state index contributed by atoms with van der Waals surface area (Å²) in [6, 6.07) is 2.66. The van der Waals surface area contributed by atoms with E-state index in [1.54, 1.807) is 6.20 Å². The number of aromatic nitrogens is 2. The van der Waals surface area contributed by atoms with Crippen molar-refractivity contribution in [3.63, 3.8) is 0 Å². The van der Waals surface area contributed by atoms with Gasteiger partial charge in [-0.1, -0.05) is 0 Å². The summed E-state index contributed by atoms with van der Waals surface area (Å²) < 4.78 is 42.8. The highest BCUT2D eigenvalue weighted by Crippen LogP contribution is 2.23. The van der Waals surface area contributed by atoms with Gasteiger partial charge in [-0.15, -0.1) is 0 Å². The van der Waals surface area contributed by atoms with Crippen LogP contribution in [0.15, 0.2) is 18.3 Å². The summed E-state index contributed by atoms with van der Waals surface area (Å²) in [7, 11) is -3.84. The maximum atomic E-state index is 14.3. The molecule has 1 fully saturated rings. The Balaban J connectivity index is 1.81. The Morgan fingerprint density at radius 1 is 1.42 bits per heavy atom. The molecule has 0 unspecified atom stereocenters. The number of rotatable bonds is 5. The van der Waals surface area contributed by atoms with Crippen LogP contribution in [0, 0.1) is 29.5 Å². The molecule has 2 heterocycles. The second-order valence-electron chi connectivity index (χ2n) is 7.50. The number of nitrogens with one attached hydrogen (secondary N) is 1. The zero-order valence-corrected chi connectivity index (χ0v) is 17.6. The van der Waals surface area contributed by atoms with Gasteiger partial charge in [-0.2, -0.15) is 5.10 Å². The number of sulfone groups is 1. The molecule has 1 amide bonds. The maximum absolute atomic E-state index is 14.3. The second kappa shape index (κ2) is 8.29. The average Bonchev–Trinajstić information content (AvgIpc) is 3.07. The molecule has 0 radical (unpaired) electrons.